The van der Waals surface area contributed by atoms with Crippen molar-refractivity contribution in [3.8, 4) is 0 Å². The largest absolute Gasteiger partial charge is 0.464 e. The third-order valence-electron chi connectivity index (χ3n) is 10.3. The summed E-state index contributed by atoms with van der Waals surface area (Å²) >= 11 is 0. The standard InChI is InChI=1S/C28H46O2/c1-20(2)8-5-6-9-21-10-7-11-25-24-13-12-22-18-23(30-19-29)14-16-28(22,4)26(24)15-17-27(21,25)3/h12,19-21,23-26H,5-11,13-18H2,1-4H3. The summed E-state index contributed by atoms with van der Waals surface area (Å²) in [6.45, 7) is 10.6. The Labute approximate surface area is 185 Å². The first-order valence-electron chi connectivity index (χ1n) is 13.2. The number of hydrogen-bond donors (Lipinski definition) is 0. The Hall–Kier alpha value is -0.790. The fraction of sp³-hybridized carbons (Fsp3) is 0.893. The first kappa shape index (κ1) is 22.4. The van der Waals surface area contributed by atoms with E-state index in [4.69, 9.17) is 4.74 Å². The highest BCUT2D eigenvalue weighted by molar-refractivity contribution is 5.38. The molecular formula is C28H46O2. The van der Waals surface area contributed by atoms with Crippen molar-refractivity contribution in [2.75, 3.05) is 0 Å². The molecule has 2 heteroatoms. The highest BCUT2D eigenvalue weighted by Crippen LogP contribution is 2.65. The lowest BCUT2D eigenvalue weighted by Crippen LogP contribution is -2.54. The van der Waals surface area contributed by atoms with Crippen LogP contribution in [0.5, 0.6) is 0 Å². The molecule has 0 aromatic carbocycles. The molecule has 0 radical (unpaired) electrons. The molecule has 3 saturated carbocycles. The minimum atomic E-state index is 0.122. The van der Waals surface area contributed by atoms with E-state index in [-0.39, 0.29) is 6.10 Å². The van der Waals surface area contributed by atoms with Crippen LogP contribution in [0, 0.1) is 40.4 Å². The molecule has 7 unspecified atom stereocenters. The van der Waals surface area contributed by atoms with Crippen molar-refractivity contribution in [1.82, 2.24) is 0 Å². The van der Waals surface area contributed by atoms with Gasteiger partial charge in [0.15, 0.2) is 0 Å². The summed E-state index contributed by atoms with van der Waals surface area (Å²) in [4.78, 5) is 10.9. The Morgan fingerprint density at radius 1 is 1.10 bits per heavy atom. The molecule has 170 valence electrons. The number of ether oxygens (including phenoxy) is 1. The molecule has 2 nitrogen and oxygen atoms in total. The summed E-state index contributed by atoms with van der Waals surface area (Å²) in [5.74, 6) is 4.48. The number of fused-ring (bicyclic) bond motifs is 5. The molecule has 3 fully saturated rings. The minimum absolute atomic E-state index is 0.122. The molecule has 4 aliphatic rings. The maximum Gasteiger partial charge on any atom is 0.293 e. The van der Waals surface area contributed by atoms with Crippen LogP contribution >= 0.6 is 0 Å². The highest BCUT2D eigenvalue weighted by Gasteiger charge is 2.57. The van der Waals surface area contributed by atoms with Crippen molar-refractivity contribution >= 4 is 6.47 Å². The van der Waals surface area contributed by atoms with E-state index >= 15 is 0 Å². The van der Waals surface area contributed by atoms with E-state index in [1.807, 2.05) is 0 Å². The third-order valence-corrected chi connectivity index (χ3v) is 10.3. The number of rotatable bonds is 7. The maximum absolute atomic E-state index is 10.9. The first-order chi connectivity index (χ1) is 14.4. The minimum Gasteiger partial charge on any atom is -0.464 e. The van der Waals surface area contributed by atoms with E-state index in [2.05, 4.69) is 33.8 Å². The topological polar surface area (TPSA) is 26.3 Å². The average Bonchev–Trinajstić information content (AvgIpc) is 2.71. The second-order valence-corrected chi connectivity index (χ2v) is 12.2. The molecular weight excluding hydrogens is 368 g/mol. The van der Waals surface area contributed by atoms with Crippen LogP contribution in [0.2, 0.25) is 0 Å². The third kappa shape index (κ3) is 4.02. The SMILES string of the molecule is CC(C)CCCCC1CCCC2C3CC=C4CC(OC=O)CCC4(C)C3CCC12C. The van der Waals surface area contributed by atoms with Gasteiger partial charge in [-0.2, -0.15) is 0 Å². The van der Waals surface area contributed by atoms with Gasteiger partial charge in [-0.1, -0.05) is 65.0 Å². The Kier molecular flexibility index (Phi) is 6.71. The van der Waals surface area contributed by atoms with Gasteiger partial charge in [-0.3, -0.25) is 4.79 Å². The van der Waals surface area contributed by atoms with Crippen LogP contribution < -0.4 is 0 Å². The van der Waals surface area contributed by atoms with Crippen molar-refractivity contribution in [2.24, 2.45) is 40.4 Å². The number of carbonyl (C=O) groups is 1. The zero-order valence-electron chi connectivity index (χ0n) is 20.1. The summed E-state index contributed by atoms with van der Waals surface area (Å²) in [6, 6.07) is 0. The van der Waals surface area contributed by atoms with Crippen LogP contribution in [0.25, 0.3) is 0 Å². The Balaban J connectivity index is 1.47. The smallest absolute Gasteiger partial charge is 0.293 e. The molecule has 4 aliphatic carbocycles. The predicted molar refractivity (Wildman–Crippen MR) is 124 cm³/mol. The van der Waals surface area contributed by atoms with Crippen molar-refractivity contribution in [1.29, 1.82) is 0 Å². The molecule has 0 aromatic heterocycles. The molecule has 0 N–H and O–H groups in total. The molecule has 0 bridgehead atoms. The molecule has 0 aliphatic heterocycles. The number of unbranched alkanes of at least 4 members (excludes halogenated alkanes) is 1. The van der Waals surface area contributed by atoms with Crippen LogP contribution in [0.1, 0.15) is 111 Å². The first-order valence-corrected chi connectivity index (χ1v) is 13.2. The molecule has 4 rings (SSSR count). The normalized spacial score (nSPS) is 43.2. The molecule has 0 amide bonds. The zero-order chi connectivity index (χ0) is 21.4. The molecule has 0 heterocycles. The summed E-state index contributed by atoms with van der Waals surface area (Å²) in [6.07, 6.45) is 20.3. The van der Waals surface area contributed by atoms with Crippen molar-refractivity contribution in [3.63, 3.8) is 0 Å². The van der Waals surface area contributed by atoms with Gasteiger partial charge >= 0.3 is 0 Å². The molecule has 0 aromatic rings. The highest BCUT2D eigenvalue weighted by atomic mass is 16.5. The van der Waals surface area contributed by atoms with E-state index in [0.717, 1.165) is 42.4 Å². The lowest BCUT2D eigenvalue weighted by molar-refractivity contribution is -0.137. The second-order valence-electron chi connectivity index (χ2n) is 12.2. The van der Waals surface area contributed by atoms with Crippen molar-refractivity contribution in [2.45, 2.75) is 117 Å². The van der Waals surface area contributed by atoms with Crippen molar-refractivity contribution in [3.05, 3.63) is 11.6 Å². The summed E-state index contributed by atoms with van der Waals surface area (Å²) in [5.41, 5.74) is 2.56. The monoisotopic (exact) mass is 414 g/mol. The van der Waals surface area contributed by atoms with Gasteiger partial charge in [0.1, 0.15) is 6.10 Å². The van der Waals surface area contributed by atoms with Gasteiger partial charge in [-0.15, -0.1) is 0 Å². The van der Waals surface area contributed by atoms with E-state index in [9.17, 15) is 4.79 Å². The van der Waals surface area contributed by atoms with Gasteiger partial charge in [0, 0.05) is 6.42 Å². The van der Waals surface area contributed by atoms with E-state index < -0.39 is 0 Å². The molecule has 30 heavy (non-hydrogen) atoms. The van der Waals surface area contributed by atoms with Crippen molar-refractivity contribution < 1.29 is 9.53 Å². The second kappa shape index (κ2) is 8.99. The Bertz CT molecular complexity index is 637. The van der Waals surface area contributed by atoms with Gasteiger partial charge in [-0.25, -0.2) is 0 Å². The predicted octanol–water partition coefficient (Wildman–Crippen LogP) is 7.71. The maximum atomic E-state index is 10.9. The van der Waals surface area contributed by atoms with E-state index in [1.54, 1.807) is 5.57 Å². The van der Waals surface area contributed by atoms with Gasteiger partial charge in [-0.05, 0) is 91.8 Å². The Morgan fingerprint density at radius 2 is 1.93 bits per heavy atom. The van der Waals surface area contributed by atoms with Crippen LogP contribution in [0.15, 0.2) is 11.6 Å². The quantitative estimate of drug-likeness (QED) is 0.242. The van der Waals surface area contributed by atoms with Gasteiger partial charge in [0.2, 0.25) is 0 Å². The average molecular weight is 415 g/mol. The number of carbonyl (C=O) groups excluding carboxylic acids is 1. The molecule has 0 saturated heterocycles. The summed E-state index contributed by atoms with van der Waals surface area (Å²) in [5, 5.41) is 0. The van der Waals surface area contributed by atoms with Gasteiger partial charge in [0.05, 0.1) is 0 Å². The summed E-state index contributed by atoms with van der Waals surface area (Å²) < 4.78 is 5.37. The van der Waals surface area contributed by atoms with Crippen LogP contribution in [-0.2, 0) is 9.53 Å². The Morgan fingerprint density at radius 3 is 2.70 bits per heavy atom. The molecule has 7 atom stereocenters. The van der Waals surface area contributed by atoms with Gasteiger partial charge in [0.25, 0.3) is 6.47 Å². The number of allylic oxidation sites excluding steroid dienone is 1. The van der Waals surface area contributed by atoms with E-state index in [0.29, 0.717) is 17.3 Å². The lowest BCUT2D eigenvalue weighted by atomic mass is 9.43. The zero-order valence-corrected chi connectivity index (χ0v) is 20.1. The van der Waals surface area contributed by atoms with E-state index in [1.165, 1.54) is 70.6 Å². The fourth-order valence-corrected chi connectivity index (χ4v) is 8.55. The van der Waals surface area contributed by atoms with Crippen LogP contribution in [0.3, 0.4) is 0 Å². The van der Waals surface area contributed by atoms with Crippen LogP contribution in [0.4, 0.5) is 0 Å². The summed E-state index contributed by atoms with van der Waals surface area (Å²) in [7, 11) is 0. The van der Waals surface area contributed by atoms with Gasteiger partial charge < -0.3 is 4.74 Å². The van der Waals surface area contributed by atoms with Crippen LogP contribution in [-0.4, -0.2) is 12.6 Å². The molecule has 0 spiro atoms. The fourth-order valence-electron chi connectivity index (χ4n) is 8.55. The number of hydrogen-bond acceptors (Lipinski definition) is 2. The lowest BCUT2D eigenvalue weighted by Gasteiger charge is -2.62.